The van der Waals surface area contributed by atoms with E-state index in [4.69, 9.17) is 8.86 Å². The quantitative estimate of drug-likeness (QED) is 0.0776. The molecule has 0 aliphatic carbocycles. The Morgan fingerprint density at radius 2 is 1.80 bits per heavy atom. The molecule has 8 nitrogen and oxygen atoms in total. The second kappa shape index (κ2) is 11.6. The van der Waals surface area contributed by atoms with Crippen molar-refractivity contribution in [1.29, 1.82) is 0 Å². The number of aryl methyl sites for hydroxylation is 1. The Balaban J connectivity index is 1.63. The summed E-state index contributed by atoms with van der Waals surface area (Å²) in [4.78, 5) is 14.7. The van der Waals surface area contributed by atoms with Crippen molar-refractivity contribution in [2.45, 2.75) is 30.4 Å². The van der Waals surface area contributed by atoms with E-state index in [1.165, 1.54) is 13.4 Å². The number of pyridine rings is 1. The molecule has 41 heavy (non-hydrogen) atoms. The standard InChI is InChI=1S/C31H29N3O5S2/c1-20-33-30(38-34-20)28(22-11-13-26(14-12-22)40-39-37-4)17-21-8-6-9-23(16-21)27-19-25(31(2,3)41(5,35)36)18-24-10-7-15-32-29(24)27/h6-19H,1-5H3/b28-17+. The van der Waals surface area contributed by atoms with Crippen LogP contribution in [0.1, 0.15) is 42.3 Å². The van der Waals surface area contributed by atoms with Gasteiger partial charge >= 0.3 is 0 Å². The van der Waals surface area contributed by atoms with Crippen molar-refractivity contribution in [3.8, 4) is 11.1 Å². The van der Waals surface area contributed by atoms with Crippen molar-refractivity contribution in [2.24, 2.45) is 0 Å². The first-order chi connectivity index (χ1) is 19.6. The van der Waals surface area contributed by atoms with Crippen LogP contribution in [-0.4, -0.2) is 36.9 Å². The lowest BCUT2D eigenvalue weighted by Gasteiger charge is -2.24. The molecule has 0 spiro atoms. The molecule has 0 saturated heterocycles. The van der Waals surface area contributed by atoms with E-state index >= 15 is 0 Å². The van der Waals surface area contributed by atoms with E-state index in [0.717, 1.165) is 55.7 Å². The predicted octanol–water partition coefficient (Wildman–Crippen LogP) is 7.05. The molecule has 0 radical (unpaired) electrons. The van der Waals surface area contributed by atoms with E-state index in [1.54, 1.807) is 27.0 Å². The molecule has 0 atom stereocenters. The highest BCUT2D eigenvalue weighted by Gasteiger charge is 2.33. The van der Waals surface area contributed by atoms with E-state index in [1.807, 2.05) is 78.9 Å². The minimum Gasteiger partial charge on any atom is -0.334 e. The van der Waals surface area contributed by atoms with E-state index < -0.39 is 14.6 Å². The summed E-state index contributed by atoms with van der Waals surface area (Å²) in [6, 6.07) is 23.4. The Hall–Kier alpha value is -3.83. The highest BCUT2D eigenvalue weighted by molar-refractivity contribution is 7.94. The molecule has 0 amide bonds. The molecule has 0 bridgehead atoms. The fraction of sp³-hybridized carbons (Fsp3) is 0.194. The summed E-state index contributed by atoms with van der Waals surface area (Å²) >= 11 is 1.11. The molecule has 2 heterocycles. The second-order valence-corrected chi connectivity index (χ2v) is 13.4. The maximum Gasteiger partial charge on any atom is 0.258 e. The molecule has 5 rings (SSSR count). The molecule has 10 heteroatoms. The Bertz CT molecular complexity index is 1850. The van der Waals surface area contributed by atoms with Gasteiger partial charge in [0.25, 0.3) is 5.89 Å². The van der Waals surface area contributed by atoms with Crippen molar-refractivity contribution in [3.05, 3.63) is 107 Å². The summed E-state index contributed by atoms with van der Waals surface area (Å²) in [5.41, 5.74) is 5.77. The highest BCUT2D eigenvalue weighted by atomic mass is 32.2. The minimum atomic E-state index is -3.38. The van der Waals surface area contributed by atoms with Gasteiger partial charge in [-0.2, -0.15) is 9.32 Å². The second-order valence-electron chi connectivity index (χ2n) is 10.1. The lowest BCUT2D eigenvalue weighted by molar-refractivity contribution is -0.160. The van der Waals surface area contributed by atoms with E-state index in [0.29, 0.717) is 17.3 Å². The van der Waals surface area contributed by atoms with Crippen molar-refractivity contribution in [3.63, 3.8) is 0 Å². The number of nitrogens with zero attached hydrogens (tertiary/aromatic N) is 3. The van der Waals surface area contributed by atoms with Crippen LogP contribution in [0.15, 0.2) is 88.4 Å². The van der Waals surface area contributed by atoms with E-state index in [-0.39, 0.29) is 0 Å². The van der Waals surface area contributed by atoms with Gasteiger partial charge in [-0.25, -0.2) is 13.3 Å². The number of sulfone groups is 1. The van der Waals surface area contributed by atoms with Gasteiger partial charge in [-0.1, -0.05) is 41.6 Å². The summed E-state index contributed by atoms with van der Waals surface area (Å²) in [5.74, 6) is 0.925. The van der Waals surface area contributed by atoms with Crippen molar-refractivity contribution < 1.29 is 22.2 Å². The molecule has 2 aromatic heterocycles. The average Bonchev–Trinajstić information content (AvgIpc) is 3.40. The van der Waals surface area contributed by atoms with Gasteiger partial charge in [0.05, 0.1) is 29.4 Å². The Kier molecular flexibility index (Phi) is 8.10. The number of rotatable bonds is 9. The molecule has 210 valence electrons. The summed E-state index contributed by atoms with van der Waals surface area (Å²) in [6.07, 6.45) is 5.00. The first-order valence-corrected chi connectivity index (χ1v) is 15.4. The SMILES string of the molecule is COOSc1ccc(/C(=C\c2cccc(-c3cc(C(C)(C)S(C)(=O)=O)cc4cccnc34)c2)c2nc(C)no2)cc1. The molecule has 0 aliphatic heterocycles. The van der Waals surface area contributed by atoms with Crippen molar-refractivity contribution >= 4 is 44.4 Å². The molecule has 0 unspecified atom stereocenters. The van der Waals surface area contributed by atoms with Crippen LogP contribution in [0.5, 0.6) is 0 Å². The highest BCUT2D eigenvalue weighted by Crippen LogP contribution is 2.37. The maximum atomic E-state index is 12.7. The number of hydrogen-bond acceptors (Lipinski definition) is 9. The lowest BCUT2D eigenvalue weighted by atomic mass is 9.92. The van der Waals surface area contributed by atoms with Gasteiger partial charge in [-0.3, -0.25) is 4.98 Å². The third-order valence-corrected chi connectivity index (χ3v) is 9.72. The van der Waals surface area contributed by atoms with Crippen LogP contribution >= 0.6 is 12.0 Å². The summed E-state index contributed by atoms with van der Waals surface area (Å²) in [7, 11) is -1.93. The molecule has 0 saturated carbocycles. The van der Waals surface area contributed by atoms with Crippen LogP contribution < -0.4 is 0 Å². The number of fused-ring (bicyclic) bond motifs is 1. The fourth-order valence-electron chi connectivity index (χ4n) is 4.38. The topological polar surface area (TPSA) is 104 Å². The van der Waals surface area contributed by atoms with Gasteiger partial charge in [-0.05, 0) is 85.5 Å². The van der Waals surface area contributed by atoms with Crippen LogP contribution in [-0.2, 0) is 23.8 Å². The lowest BCUT2D eigenvalue weighted by Crippen LogP contribution is -2.28. The minimum absolute atomic E-state index is 0.394. The molecule has 5 aromatic rings. The van der Waals surface area contributed by atoms with Gasteiger partial charge in [-0.15, -0.1) is 0 Å². The first kappa shape index (κ1) is 28.7. The Morgan fingerprint density at radius 1 is 1.02 bits per heavy atom. The number of benzene rings is 3. The molecule has 0 fully saturated rings. The molecule has 0 N–H and O–H groups in total. The zero-order chi connectivity index (χ0) is 29.2. The zero-order valence-corrected chi connectivity index (χ0v) is 24.9. The molecule has 3 aromatic carbocycles. The van der Waals surface area contributed by atoms with Crippen molar-refractivity contribution in [2.75, 3.05) is 13.4 Å². The Morgan fingerprint density at radius 3 is 2.49 bits per heavy atom. The van der Waals surface area contributed by atoms with E-state index in [2.05, 4.69) is 20.0 Å². The first-order valence-electron chi connectivity index (χ1n) is 12.8. The molecular weight excluding hydrogens is 558 g/mol. The smallest absolute Gasteiger partial charge is 0.258 e. The zero-order valence-electron chi connectivity index (χ0n) is 23.3. The monoisotopic (exact) mass is 587 g/mol. The molecular formula is C31H29N3O5S2. The van der Waals surface area contributed by atoms with Crippen LogP contribution in [0.4, 0.5) is 0 Å². The summed E-state index contributed by atoms with van der Waals surface area (Å²) < 4.78 is 34.8. The van der Waals surface area contributed by atoms with Crippen LogP contribution in [0.25, 0.3) is 33.7 Å². The summed E-state index contributed by atoms with van der Waals surface area (Å²) in [5, 5.41) is 4.86. The average molecular weight is 588 g/mol. The third kappa shape index (κ3) is 6.11. The van der Waals surface area contributed by atoms with Gasteiger partial charge in [0.15, 0.2) is 15.7 Å². The van der Waals surface area contributed by atoms with E-state index in [9.17, 15) is 8.42 Å². The van der Waals surface area contributed by atoms with Gasteiger partial charge in [0.2, 0.25) is 0 Å². The molecule has 0 aliphatic rings. The van der Waals surface area contributed by atoms with Crippen LogP contribution in [0.2, 0.25) is 0 Å². The predicted molar refractivity (Wildman–Crippen MR) is 161 cm³/mol. The van der Waals surface area contributed by atoms with Gasteiger partial charge in [0.1, 0.15) is 0 Å². The van der Waals surface area contributed by atoms with Gasteiger partial charge < -0.3 is 4.52 Å². The van der Waals surface area contributed by atoms with Crippen LogP contribution in [0, 0.1) is 6.92 Å². The number of hydrogen-bond donors (Lipinski definition) is 0. The third-order valence-electron chi connectivity index (χ3n) is 6.96. The number of aromatic nitrogens is 3. The normalized spacial score (nSPS) is 12.7. The Labute approximate surface area is 243 Å². The van der Waals surface area contributed by atoms with Crippen molar-refractivity contribution in [1.82, 2.24) is 15.1 Å². The summed E-state index contributed by atoms with van der Waals surface area (Å²) in [6.45, 7) is 5.23. The largest absolute Gasteiger partial charge is 0.334 e. The fourth-order valence-corrected chi connectivity index (χ4v) is 5.31. The van der Waals surface area contributed by atoms with Gasteiger partial charge in [0, 0.05) is 33.9 Å². The van der Waals surface area contributed by atoms with Crippen LogP contribution in [0.3, 0.4) is 0 Å². The maximum absolute atomic E-state index is 12.7.